The molecule has 3 aromatic rings. The molecule has 0 atom stereocenters. The smallest absolute Gasteiger partial charge is 0.321 e. The number of para-hydroxylation sites is 1. The van der Waals surface area contributed by atoms with E-state index in [4.69, 9.17) is 9.47 Å². The molecule has 0 unspecified atom stereocenters. The number of carbonyl (C=O) groups excluding carboxylic acids is 1. The third-order valence-electron chi connectivity index (χ3n) is 3.29. The van der Waals surface area contributed by atoms with Crippen LogP contribution in [-0.4, -0.2) is 22.5 Å². The van der Waals surface area contributed by atoms with Crippen molar-refractivity contribution in [2.75, 3.05) is 11.9 Å². The van der Waals surface area contributed by atoms with Crippen LogP contribution in [0.2, 0.25) is 0 Å². The lowest BCUT2D eigenvalue weighted by Crippen LogP contribution is -2.13. The highest BCUT2D eigenvalue weighted by Gasteiger charge is 2.12. The summed E-state index contributed by atoms with van der Waals surface area (Å²) < 4.78 is 11.0. The van der Waals surface area contributed by atoms with Crippen LogP contribution in [0.1, 0.15) is 17.3 Å². The first-order chi connectivity index (χ1) is 12.3. The van der Waals surface area contributed by atoms with Crippen LogP contribution in [0.3, 0.4) is 0 Å². The quantitative estimate of drug-likeness (QED) is 0.739. The van der Waals surface area contributed by atoms with Crippen molar-refractivity contribution in [2.45, 2.75) is 6.92 Å². The van der Waals surface area contributed by atoms with E-state index in [9.17, 15) is 4.79 Å². The first-order valence-corrected chi connectivity index (χ1v) is 7.84. The Kier molecular flexibility index (Phi) is 5.21. The number of nitrogens with one attached hydrogen (secondary N) is 1. The van der Waals surface area contributed by atoms with Gasteiger partial charge in [-0.15, -0.1) is 0 Å². The summed E-state index contributed by atoms with van der Waals surface area (Å²) in [5, 5.41) is 2.84. The molecule has 1 heterocycles. The molecule has 25 heavy (non-hydrogen) atoms. The van der Waals surface area contributed by atoms with Crippen molar-refractivity contribution in [1.29, 1.82) is 0 Å². The number of hydrogen-bond acceptors (Lipinski definition) is 5. The fraction of sp³-hybridized carbons (Fsp3) is 0.105. The summed E-state index contributed by atoms with van der Waals surface area (Å²) in [5.41, 5.74) is 1.14. The van der Waals surface area contributed by atoms with Gasteiger partial charge in [-0.3, -0.25) is 4.79 Å². The minimum atomic E-state index is -0.232. The number of amides is 1. The van der Waals surface area contributed by atoms with Gasteiger partial charge in [0, 0.05) is 18.1 Å². The molecule has 2 aromatic carbocycles. The first-order valence-electron chi connectivity index (χ1n) is 7.84. The molecule has 1 N–H and O–H groups in total. The van der Waals surface area contributed by atoms with Gasteiger partial charge in [-0.25, -0.2) is 9.97 Å². The molecule has 6 heteroatoms. The number of benzene rings is 2. The Balaban J connectivity index is 1.68. The van der Waals surface area contributed by atoms with Crippen LogP contribution in [-0.2, 0) is 0 Å². The summed E-state index contributed by atoms with van der Waals surface area (Å²) in [6.45, 7) is 2.38. The summed E-state index contributed by atoms with van der Waals surface area (Å²) in [5.74, 6) is 0.909. The van der Waals surface area contributed by atoms with Gasteiger partial charge in [0.05, 0.1) is 12.2 Å². The lowest BCUT2D eigenvalue weighted by atomic mass is 10.2. The Labute approximate surface area is 145 Å². The average Bonchev–Trinajstić information content (AvgIpc) is 2.65. The molecule has 1 amide bonds. The van der Waals surface area contributed by atoms with Gasteiger partial charge in [-0.1, -0.05) is 12.1 Å². The summed E-state index contributed by atoms with van der Waals surface area (Å²) in [4.78, 5) is 20.4. The van der Waals surface area contributed by atoms with E-state index < -0.39 is 0 Å². The number of nitrogens with zero attached hydrogens (tertiary/aromatic N) is 2. The van der Waals surface area contributed by atoms with E-state index in [1.54, 1.807) is 60.9 Å². The zero-order chi connectivity index (χ0) is 17.5. The molecule has 0 aliphatic rings. The zero-order valence-corrected chi connectivity index (χ0v) is 13.7. The third kappa shape index (κ3) is 4.32. The normalized spacial score (nSPS) is 10.1. The van der Waals surface area contributed by atoms with Gasteiger partial charge in [0.1, 0.15) is 11.5 Å². The number of anilines is 1. The summed E-state index contributed by atoms with van der Waals surface area (Å²) >= 11 is 0. The van der Waals surface area contributed by atoms with Crippen LogP contribution in [0.4, 0.5) is 5.69 Å². The highest BCUT2D eigenvalue weighted by atomic mass is 16.5. The van der Waals surface area contributed by atoms with Crippen LogP contribution in [0.25, 0.3) is 0 Å². The molecular weight excluding hydrogens is 318 g/mol. The maximum absolute atomic E-state index is 12.4. The standard InChI is InChI=1S/C19H17N3O3/c1-2-24-17-7-4-3-6-16(17)18(23)22-14-8-10-15(11-9-14)25-19-20-12-5-13-21-19/h3-13H,2H2,1H3,(H,22,23). The van der Waals surface area contributed by atoms with Crippen molar-refractivity contribution in [2.24, 2.45) is 0 Å². The molecule has 0 aliphatic carbocycles. The summed E-state index contributed by atoms with van der Waals surface area (Å²) in [6.07, 6.45) is 3.21. The van der Waals surface area contributed by atoms with Gasteiger partial charge < -0.3 is 14.8 Å². The average molecular weight is 335 g/mol. The SMILES string of the molecule is CCOc1ccccc1C(=O)Nc1ccc(Oc2ncccn2)cc1. The van der Waals surface area contributed by atoms with Gasteiger partial charge in [0.25, 0.3) is 5.91 Å². The van der Waals surface area contributed by atoms with Crippen LogP contribution < -0.4 is 14.8 Å². The molecule has 0 fully saturated rings. The highest BCUT2D eigenvalue weighted by molar-refractivity contribution is 6.06. The van der Waals surface area contributed by atoms with Gasteiger partial charge in [0.2, 0.25) is 0 Å². The van der Waals surface area contributed by atoms with Crippen molar-refractivity contribution in [3.63, 3.8) is 0 Å². The Morgan fingerprint density at radius 3 is 2.44 bits per heavy atom. The monoisotopic (exact) mass is 335 g/mol. The second kappa shape index (κ2) is 7.92. The molecule has 0 bridgehead atoms. The lowest BCUT2D eigenvalue weighted by Gasteiger charge is -2.11. The van der Waals surface area contributed by atoms with E-state index >= 15 is 0 Å². The van der Waals surface area contributed by atoms with Crippen molar-refractivity contribution in [3.8, 4) is 17.5 Å². The highest BCUT2D eigenvalue weighted by Crippen LogP contribution is 2.22. The Morgan fingerprint density at radius 2 is 1.72 bits per heavy atom. The molecule has 0 radical (unpaired) electrons. The molecule has 0 saturated carbocycles. The fourth-order valence-corrected chi connectivity index (χ4v) is 2.18. The number of aromatic nitrogens is 2. The van der Waals surface area contributed by atoms with Crippen LogP contribution in [0.15, 0.2) is 67.0 Å². The van der Waals surface area contributed by atoms with Crippen LogP contribution in [0, 0.1) is 0 Å². The molecule has 1 aromatic heterocycles. The van der Waals surface area contributed by atoms with Crippen molar-refractivity contribution < 1.29 is 14.3 Å². The second-order valence-electron chi connectivity index (χ2n) is 5.04. The van der Waals surface area contributed by atoms with Crippen molar-refractivity contribution in [1.82, 2.24) is 9.97 Å². The zero-order valence-electron chi connectivity index (χ0n) is 13.7. The summed E-state index contributed by atoms with van der Waals surface area (Å²) in [6, 6.07) is 16.1. The Hall–Kier alpha value is -3.41. The third-order valence-corrected chi connectivity index (χ3v) is 3.29. The van der Waals surface area contributed by atoms with E-state index in [-0.39, 0.29) is 11.9 Å². The lowest BCUT2D eigenvalue weighted by molar-refractivity contribution is 0.102. The van der Waals surface area contributed by atoms with Crippen LogP contribution in [0.5, 0.6) is 17.5 Å². The minimum Gasteiger partial charge on any atom is -0.493 e. The molecule has 0 aliphatic heterocycles. The maximum atomic E-state index is 12.4. The minimum absolute atomic E-state index is 0.232. The van der Waals surface area contributed by atoms with Crippen molar-refractivity contribution >= 4 is 11.6 Å². The van der Waals surface area contributed by atoms with E-state index in [0.717, 1.165) is 0 Å². The number of ether oxygens (including phenoxy) is 2. The number of carbonyl (C=O) groups is 1. The fourth-order valence-electron chi connectivity index (χ4n) is 2.18. The molecular formula is C19H17N3O3. The van der Waals surface area contributed by atoms with E-state index in [1.165, 1.54) is 0 Å². The van der Waals surface area contributed by atoms with Gasteiger partial charge in [-0.2, -0.15) is 0 Å². The predicted octanol–water partition coefficient (Wildman–Crippen LogP) is 3.92. The van der Waals surface area contributed by atoms with Gasteiger partial charge in [-0.05, 0) is 49.4 Å². The number of rotatable bonds is 6. The largest absolute Gasteiger partial charge is 0.493 e. The Morgan fingerprint density at radius 1 is 1.00 bits per heavy atom. The van der Waals surface area contributed by atoms with Crippen LogP contribution >= 0.6 is 0 Å². The Bertz CT molecular complexity index is 836. The van der Waals surface area contributed by atoms with Gasteiger partial charge >= 0.3 is 6.01 Å². The predicted molar refractivity (Wildman–Crippen MR) is 94.1 cm³/mol. The van der Waals surface area contributed by atoms with Gasteiger partial charge in [0.15, 0.2) is 0 Å². The van der Waals surface area contributed by atoms with Crippen molar-refractivity contribution in [3.05, 3.63) is 72.6 Å². The maximum Gasteiger partial charge on any atom is 0.321 e. The molecule has 6 nitrogen and oxygen atoms in total. The first kappa shape index (κ1) is 16.4. The molecule has 0 saturated heterocycles. The second-order valence-corrected chi connectivity index (χ2v) is 5.04. The summed E-state index contributed by atoms with van der Waals surface area (Å²) in [7, 11) is 0. The molecule has 0 spiro atoms. The van der Waals surface area contributed by atoms with E-state index in [2.05, 4.69) is 15.3 Å². The topological polar surface area (TPSA) is 73.3 Å². The van der Waals surface area contributed by atoms with E-state index in [1.807, 2.05) is 13.0 Å². The van der Waals surface area contributed by atoms with E-state index in [0.29, 0.717) is 29.4 Å². The molecule has 126 valence electrons. The number of hydrogen-bond donors (Lipinski definition) is 1. The molecule has 3 rings (SSSR count).